The van der Waals surface area contributed by atoms with Crippen molar-refractivity contribution < 1.29 is 19.4 Å². The van der Waals surface area contributed by atoms with Crippen LogP contribution in [0.15, 0.2) is 29.8 Å². The van der Waals surface area contributed by atoms with Gasteiger partial charge in [0.15, 0.2) is 11.5 Å². The zero-order chi connectivity index (χ0) is 28.8. The maximum atomic E-state index is 12.2. The van der Waals surface area contributed by atoms with Gasteiger partial charge in [-0.3, -0.25) is 4.79 Å². The maximum absolute atomic E-state index is 12.2. The molecule has 0 aliphatic heterocycles. The number of phenols is 1. The Kier molecular flexibility index (Phi) is 13.8. The first-order valence-electron chi connectivity index (χ1n) is 16.1. The van der Waals surface area contributed by atoms with Crippen LogP contribution in [0.5, 0.6) is 11.5 Å². The van der Waals surface area contributed by atoms with Gasteiger partial charge in [-0.15, -0.1) is 0 Å². The molecule has 6 heteroatoms. The number of carbonyl (C=O) groups excluding carboxylic acids is 1. The van der Waals surface area contributed by atoms with E-state index in [1.807, 2.05) is 12.1 Å². The lowest BCUT2D eigenvalue weighted by Gasteiger charge is -2.56. The first-order valence-corrected chi connectivity index (χ1v) is 16.1. The fourth-order valence-electron chi connectivity index (χ4n) is 6.28. The van der Waals surface area contributed by atoms with Crippen molar-refractivity contribution in [1.82, 2.24) is 10.2 Å². The minimum absolute atomic E-state index is 0.0844. The van der Waals surface area contributed by atoms with Crippen molar-refractivity contribution >= 4 is 5.91 Å². The van der Waals surface area contributed by atoms with E-state index < -0.39 is 0 Å². The molecule has 1 aromatic carbocycles. The number of nitrogens with one attached hydrogen (secondary N) is 1. The molecule has 2 atom stereocenters. The molecule has 6 nitrogen and oxygen atoms in total. The highest BCUT2D eigenvalue weighted by molar-refractivity contribution is 5.75. The average molecular weight is 557 g/mol. The molecule has 3 aliphatic rings. The summed E-state index contributed by atoms with van der Waals surface area (Å²) in [6.07, 6.45) is 14.7. The average Bonchev–Trinajstić information content (AvgIpc) is 2.95. The van der Waals surface area contributed by atoms with E-state index in [0.717, 1.165) is 75.9 Å². The Bertz CT molecular complexity index is 929. The third kappa shape index (κ3) is 10.1. The Labute approximate surface area is 243 Å². The number of carbonyl (C=O) groups is 1. The highest BCUT2D eigenvalue weighted by Gasteiger charge is 2.50. The van der Waals surface area contributed by atoms with Crippen molar-refractivity contribution in [2.75, 3.05) is 39.5 Å². The number of amides is 1. The monoisotopic (exact) mass is 556 g/mol. The van der Waals surface area contributed by atoms with Gasteiger partial charge in [-0.25, -0.2) is 0 Å². The summed E-state index contributed by atoms with van der Waals surface area (Å²) >= 11 is 0. The van der Waals surface area contributed by atoms with Crippen LogP contribution in [-0.4, -0.2) is 55.4 Å². The summed E-state index contributed by atoms with van der Waals surface area (Å²) in [6.45, 7) is 14.6. The lowest BCUT2D eigenvalue weighted by atomic mass is 9.48. The quantitative estimate of drug-likeness (QED) is 0.123. The summed E-state index contributed by atoms with van der Waals surface area (Å²) in [6, 6.07) is 5.31. The minimum atomic E-state index is 0.0844. The van der Waals surface area contributed by atoms with Gasteiger partial charge < -0.3 is 24.8 Å². The minimum Gasteiger partial charge on any atom is -0.504 e. The van der Waals surface area contributed by atoms with Gasteiger partial charge in [0, 0.05) is 26.1 Å². The van der Waals surface area contributed by atoms with E-state index in [4.69, 9.17) is 9.47 Å². The number of likely N-dealkylation sites (N-methyl/N-ethyl adjacent to an activating group) is 1. The lowest BCUT2D eigenvalue weighted by molar-refractivity contribution is -0.121. The number of allylic oxidation sites excluding steroid dienone is 1. The maximum Gasteiger partial charge on any atom is 0.220 e. The fourth-order valence-corrected chi connectivity index (χ4v) is 6.28. The van der Waals surface area contributed by atoms with Gasteiger partial charge in [-0.05, 0) is 73.6 Å². The number of benzene rings is 1. The highest BCUT2D eigenvalue weighted by Crippen LogP contribution is 2.59. The molecule has 0 heterocycles. The van der Waals surface area contributed by atoms with Crippen LogP contribution in [-0.2, 0) is 16.1 Å². The molecule has 226 valence electrons. The van der Waals surface area contributed by atoms with Gasteiger partial charge in [0.1, 0.15) is 0 Å². The molecule has 3 aliphatic carbocycles. The van der Waals surface area contributed by atoms with Crippen molar-refractivity contribution in [3.05, 3.63) is 35.4 Å². The van der Waals surface area contributed by atoms with Crippen molar-refractivity contribution in [3.63, 3.8) is 0 Å². The number of fused-ring (bicyclic) bond motifs is 1. The molecule has 0 aromatic heterocycles. The van der Waals surface area contributed by atoms with Gasteiger partial charge in [0.25, 0.3) is 0 Å². The van der Waals surface area contributed by atoms with Crippen LogP contribution in [0.2, 0.25) is 0 Å². The van der Waals surface area contributed by atoms with Crippen molar-refractivity contribution in [1.29, 1.82) is 0 Å². The van der Waals surface area contributed by atoms with E-state index in [9.17, 15) is 9.90 Å². The molecule has 0 saturated heterocycles. The topological polar surface area (TPSA) is 71.0 Å². The molecule has 0 spiro atoms. The number of hydrogen-bond donors (Lipinski definition) is 2. The summed E-state index contributed by atoms with van der Waals surface area (Å²) in [5, 5.41) is 13.2. The summed E-state index contributed by atoms with van der Waals surface area (Å²) < 4.78 is 11.9. The molecule has 2 N–H and O–H groups in total. The normalized spacial score (nSPS) is 19.3. The molecule has 4 rings (SSSR count). The van der Waals surface area contributed by atoms with Crippen LogP contribution in [0, 0.1) is 17.3 Å². The van der Waals surface area contributed by atoms with Gasteiger partial charge >= 0.3 is 0 Å². The van der Waals surface area contributed by atoms with Crippen molar-refractivity contribution in [3.8, 4) is 11.5 Å². The van der Waals surface area contributed by atoms with E-state index in [1.165, 1.54) is 38.5 Å². The van der Waals surface area contributed by atoms with Crippen molar-refractivity contribution in [2.24, 2.45) is 17.3 Å². The Morgan fingerprint density at radius 1 is 1.05 bits per heavy atom. The predicted octanol–water partition coefficient (Wildman–Crippen LogP) is 7.25. The number of nitrogens with zero attached hydrogens (tertiary/aromatic N) is 1. The first kappa shape index (κ1) is 32.5. The first-order chi connectivity index (χ1) is 19.3. The van der Waals surface area contributed by atoms with E-state index in [0.29, 0.717) is 30.7 Å². The van der Waals surface area contributed by atoms with Crippen LogP contribution in [0.4, 0.5) is 0 Å². The standard InChI is InChI=1S/C34H56N2O4/c1-5-7-8-9-10-11-13-33(38)35-26-27-14-17-31(37)32(24-27)40-21-12-19-36(6-2)20-23-39-22-18-28-15-16-29-25-30(28)34(29,3)4/h14-15,17,24,29-30,37H,5-13,16,18-23,25-26H2,1-4H3,(H,35,38). The third-order valence-corrected chi connectivity index (χ3v) is 9.26. The number of ether oxygens (including phenoxy) is 2. The number of hydrogen-bond acceptors (Lipinski definition) is 5. The molecular formula is C34H56N2O4. The van der Waals surface area contributed by atoms with Crippen LogP contribution in [0.3, 0.4) is 0 Å². The van der Waals surface area contributed by atoms with E-state index >= 15 is 0 Å². The van der Waals surface area contributed by atoms with Crippen LogP contribution < -0.4 is 10.1 Å². The molecule has 2 unspecified atom stereocenters. The van der Waals surface area contributed by atoms with Gasteiger partial charge in [-0.1, -0.05) is 77.5 Å². The molecule has 40 heavy (non-hydrogen) atoms. The van der Waals surface area contributed by atoms with E-state index in [2.05, 4.69) is 44.0 Å². The van der Waals surface area contributed by atoms with Crippen molar-refractivity contribution in [2.45, 2.75) is 105 Å². The summed E-state index contributed by atoms with van der Waals surface area (Å²) in [5.41, 5.74) is 3.05. The number of unbranched alkanes of at least 4 members (excludes halogenated alkanes) is 5. The largest absolute Gasteiger partial charge is 0.504 e. The third-order valence-electron chi connectivity index (χ3n) is 9.26. The smallest absolute Gasteiger partial charge is 0.220 e. The molecule has 2 bridgehead atoms. The zero-order valence-electron chi connectivity index (χ0n) is 25.8. The second-order valence-electron chi connectivity index (χ2n) is 12.4. The van der Waals surface area contributed by atoms with Crippen LogP contribution >= 0.6 is 0 Å². The molecule has 1 amide bonds. The molecule has 1 saturated carbocycles. The highest BCUT2D eigenvalue weighted by atomic mass is 16.5. The van der Waals surface area contributed by atoms with Crippen LogP contribution in [0.1, 0.15) is 104 Å². The second kappa shape index (κ2) is 17.0. The van der Waals surface area contributed by atoms with Gasteiger partial charge in [-0.2, -0.15) is 0 Å². The fraction of sp³-hybridized carbons (Fsp3) is 0.735. The second-order valence-corrected chi connectivity index (χ2v) is 12.4. The summed E-state index contributed by atoms with van der Waals surface area (Å²) in [7, 11) is 0. The van der Waals surface area contributed by atoms with E-state index in [-0.39, 0.29) is 11.7 Å². The zero-order valence-corrected chi connectivity index (χ0v) is 25.8. The van der Waals surface area contributed by atoms with E-state index in [1.54, 1.807) is 11.6 Å². The SMILES string of the molecule is CCCCCCCCC(=O)NCc1ccc(O)c(OCCCN(CC)CCOCCC2=CCC3CC2C3(C)C)c1. The number of phenolic OH excluding ortho intramolecular Hbond substituents is 1. The Morgan fingerprint density at radius 2 is 1.85 bits per heavy atom. The Morgan fingerprint density at radius 3 is 2.60 bits per heavy atom. The Balaban J connectivity index is 1.26. The molecule has 1 fully saturated rings. The van der Waals surface area contributed by atoms with Crippen LogP contribution in [0.25, 0.3) is 0 Å². The summed E-state index contributed by atoms with van der Waals surface area (Å²) in [5.74, 6) is 2.37. The molecule has 0 radical (unpaired) electrons. The van der Waals surface area contributed by atoms with Gasteiger partial charge in [0.2, 0.25) is 5.91 Å². The lowest BCUT2D eigenvalue weighted by Crippen LogP contribution is -2.48. The number of rotatable bonds is 21. The summed E-state index contributed by atoms with van der Waals surface area (Å²) in [4.78, 5) is 14.6. The Hall–Kier alpha value is -2.05. The van der Waals surface area contributed by atoms with Gasteiger partial charge in [0.05, 0.1) is 19.8 Å². The number of aromatic hydroxyl groups is 1. The molecule has 1 aromatic rings. The predicted molar refractivity (Wildman–Crippen MR) is 164 cm³/mol. The molecular weight excluding hydrogens is 500 g/mol.